The van der Waals surface area contributed by atoms with Crippen LogP contribution in [0, 0.1) is 0 Å². The van der Waals surface area contributed by atoms with Crippen LogP contribution in [0.3, 0.4) is 0 Å². The van der Waals surface area contributed by atoms with Gasteiger partial charge < -0.3 is 14.4 Å². The first kappa shape index (κ1) is 28.6. The van der Waals surface area contributed by atoms with Gasteiger partial charge in [-0.05, 0) is 41.7 Å². The van der Waals surface area contributed by atoms with E-state index in [-0.39, 0.29) is 24.5 Å². The molecule has 5 rings (SSSR count). The van der Waals surface area contributed by atoms with E-state index in [1.165, 1.54) is 0 Å². The summed E-state index contributed by atoms with van der Waals surface area (Å²) >= 11 is 0. The van der Waals surface area contributed by atoms with Crippen LogP contribution in [0.15, 0.2) is 139 Å². The molecule has 0 spiro atoms. The Morgan fingerprint density at radius 2 is 1.12 bits per heavy atom. The van der Waals surface area contributed by atoms with Crippen LogP contribution in [0.2, 0.25) is 0 Å². The van der Waals surface area contributed by atoms with Gasteiger partial charge in [0.05, 0.1) is 30.2 Å². The Hall–Kier alpha value is -4.90. The van der Waals surface area contributed by atoms with E-state index in [1.54, 1.807) is 13.8 Å². The Morgan fingerprint density at radius 1 is 0.667 bits per heavy atom. The van der Waals surface area contributed by atoms with Crippen molar-refractivity contribution in [3.8, 4) is 0 Å². The molecule has 1 unspecified atom stereocenters. The summed E-state index contributed by atoms with van der Waals surface area (Å²) < 4.78 is 11.3. The van der Waals surface area contributed by atoms with Crippen molar-refractivity contribution in [2.75, 3.05) is 20.3 Å². The summed E-state index contributed by atoms with van der Waals surface area (Å²) in [6.07, 6.45) is 2.15. The highest BCUT2D eigenvalue weighted by molar-refractivity contribution is 6.13. The Labute approximate surface area is 247 Å². The molecule has 42 heavy (non-hydrogen) atoms. The number of esters is 2. The zero-order chi connectivity index (χ0) is 29.5. The van der Waals surface area contributed by atoms with Gasteiger partial charge in [0.1, 0.15) is 5.70 Å². The largest absolute Gasteiger partial charge is 0.462 e. The lowest BCUT2D eigenvalue weighted by molar-refractivity contribution is -0.143. The van der Waals surface area contributed by atoms with E-state index < -0.39 is 23.4 Å². The van der Waals surface area contributed by atoms with Crippen molar-refractivity contribution in [1.29, 1.82) is 0 Å². The van der Waals surface area contributed by atoms with Crippen LogP contribution >= 0.6 is 0 Å². The molecule has 0 N–H and O–H groups in total. The molecular weight excluding hydrogens is 522 g/mol. The summed E-state index contributed by atoms with van der Waals surface area (Å²) in [7, 11) is 1.87. The summed E-state index contributed by atoms with van der Waals surface area (Å²) in [5, 5.41) is 0. The van der Waals surface area contributed by atoms with Crippen LogP contribution in [-0.2, 0) is 24.5 Å². The van der Waals surface area contributed by atoms with Crippen LogP contribution in [0.5, 0.6) is 0 Å². The number of carbonyl (C=O) groups is 2. The molecule has 5 nitrogen and oxygen atoms in total. The summed E-state index contributed by atoms with van der Waals surface area (Å²) in [5.41, 5.74) is 3.89. The molecule has 4 aromatic carbocycles. The first-order valence-electron chi connectivity index (χ1n) is 14.3. The van der Waals surface area contributed by atoms with Gasteiger partial charge in [-0.3, -0.25) is 0 Å². The zero-order valence-corrected chi connectivity index (χ0v) is 24.2. The van der Waals surface area contributed by atoms with Crippen molar-refractivity contribution in [2.24, 2.45) is 0 Å². The van der Waals surface area contributed by atoms with Gasteiger partial charge in [-0.2, -0.15) is 0 Å². The number of likely N-dealkylation sites (N-methyl/N-ethyl adjacent to an activating group) is 1. The van der Waals surface area contributed by atoms with Crippen molar-refractivity contribution >= 4 is 17.5 Å². The topological polar surface area (TPSA) is 55.8 Å². The van der Waals surface area contributed by atoms with Crippen molar-refractivity contribution in [3.05, 3.63) is 161 Å². The van der Waals surface area contributed by atoms with E-state index in [0.717, 1.165) is 22.3 Å². The standard InChI is InChI=1S/C37H35NO4/c1-4-41-35(39)32-31(27-18-10-6-11-19-27)26-37(29-22-14-8-15-23-29,30-24-16-9-17-25-30)34(28-20-12-7-13-21-28)38(3)33(32)36(40)42-5-2/h6-26,34H,4-5H2,1-3H3. The van der Waals surface area contributed by atoms with Crippen molar-refractivity contribution < 1.29 is 19.1 Å². The molecule has 4 aromatic rings. The smallest absolute Gasteiger partial charge is 0.355 e. The van der Waals surface area contributed by atoms with E-state index >= 15 is 0 Å². The normalized spacial score (nSPS) is 16.3. The van der Waals surface area contributed by atoms with Gasteiger partial charge in [0, 0.05) is 7.05 Å². The molecule has 212 valence electrons. The lowest BCUT2D eigenvalue weighted by Crippen LogP contribution is -2.43. The number of nitrogens with zero attached hydrogens (tertiary/aromatic N) is 1. The molecule has 1 atom stereocenters. The highest BCUT2D eigenvalue weighted by atomic mass is 16.5. The minimum Gasteiger partial charge on any atom is -0.462 e. The average Bonchev–Trinajstić information content (AvgIpc) is 3.16. The van der Waals surface area contributed by atoms with Crippen molar-refractivity contribution in [3.63, 3.8) is 0 Å². The Morgan fingerprint density at radius 3 is 1.62 bits per heavy atom. The molecule has 0 aliphatic carbocycles. The Bertz CT molecular complexity index is 1540. The van der Waals surface area contributed by atoms with Gasteiger partial charge in [-0.15, -0.1) is 0 Å². The van der Waals surface area contributed by atoms with Gasteiger partial charge in [0.2, 0.25) is 0 Å². The molecule has 1 aliphatic heterocycles. The molecule has 0 saturated heterocycles. The Balaban J connectivity index is 2.01. The van der Waals surface area contributed by atoms with Gasteiger partial charge in [-0.25, -0.2) is 9.59 Å². The fourth-order valence-corrected chi connectivity index (χ4v) is 6.02. The summed E-state index contributed by atoms with van der Waals surface area (Å²) in [6.45, 7) is 3.85. The van der Waals surface area contributed by atoms with E-state index in [2.05, 4.69) is 42.5 Å². The predicted octanol–water partition coefficient (Wildman–Crippen LogP) is 7.12. The second-order valence-corrected chi connectivity index (χ2v) is 10.1. The number of ether oxygens (including phenoxy) is 2. The summed E-state index contributed by atoms with van der Waals surface area (Å²) in [4.78, 5) is 29.8. The van der Waals surface area contributed by atoms with E-state index in [4.69, 9.17) is 9.47 Å². The fraction of sp³-hybridized carbons (Fsp3) is 0.189. The minimum absolute atomic E-state index is 0.160. The molecule has 0 bridgehead atoms. The highest BCUT2D eigenvalue weighted by Crippen LogP contribution is 2.53. The number of hydrogen-bond acceptors (Lipinski definition) is 5. The van der Waals surface area contributed by atoms with E-state index in [1.807, 2.05) is 96.9 Å². The predicted molar refractivity (Wildman–Crippen MR) is 165 cm³/mol. The molecule has 0 radical (unpaired) electrons. The molecular formula is C37H35NO4. The van der Waals surface area contributed by atoms with Crippen LogP contribution in [0.4, 0.5) is 0 Å². The third-order valence-electron chi connectivity index (χ3n) is 7.70. The van der Waals surface area contributed by atoms with Crippen LogP contribution in [-0.4, -0.2) is 37.1 Å². The van der Waals surface area contributed by atoms with Gasteiger partial charge in [0.25, 0.3) is 0 Å². The van der Waals surface area contributed by atoms with E-state index in [9.17, 15) is 9.59 Å². The lowest BCUT2D eigenvalue weighted by atomic mass is 9.65. The van der Waals surface area contributed by atoms with Crippen LogP contribution < -0.4 is 0 Å². The maximum absolute atomic E-state index is 14.0. The minimum atomic E-state index is -0.851. The van der Waals surface area contributed by atoms with E-state index in [0.29, 0.717) is 5.57 Å². The highest BCUT2D eigenvalue weighted by Gasteiger charge is 2.49. The molecule has 0 saturated carbocycles. The van der Waals surface area contributed by atoms with Crippen LogP contribution in [0.1, 0.15) is 42.1 Å². The number of benzene rings is 4. The van der Waals surface area contributed by atoms with Crippen molar-refractivity contribution in [1.82, 2.24) is 4.90 Å². The maximum atomic E-state index is 14.0. The van der Waals surface area contributed by atoms with Gasteiger partial charge in [-0.1, -0.05) is 127 Å². The fourth-order valence-electron chi connectivity index (χ4n) is 6.02. The first-order valence-corrected chi connectivity index (χ1v) is 14.3. The van der Waals surface area contributed by atoms with Gasteiger partial charge >= 0.3 is 11.9 Å². The molecule has 0 aromatic heterocycles. The monoisotopic (exact) mass is 557 g/mol. The molecule has 1 heterocycles. The number of hydrogen-bond donors (Lipinski definition) is 0. The summed E-state index contributed by atoms with van der Waals surface area (Å²) in [6, 6.07) is 39.9. The van der Waals surface area contributed by atoms with Crippen molar-refractivity contribution in [2.45, 2.75) is 25.3 Å². The summed E-state index contributed by atoms with van der Waals surface area (Å²) in [5.74, 6) is -1.16. The zero-order valence-electron chi connectivity index (χ0n) is 24.2. The SMILES string of the molecule is CCOC(=O)C1=C(C(=O)OCC)N(C)C(c2ccccc2)C(c2ccccc2)(c2ccccc2)C=C1c1ccccc1. The quantitative estimate of drug-likeness (QED) is 0.216. The first-order chi connectivity index (χ1) is 20.5. The molecule has 1 aliphatic rings. The van der Waals surface area contributed by atoms with Gasteiger partial charge in [0.15, 0.2) is 0 Å². The second kappa shape index (κ2) is 12.7. The Kier molecular flexibility index (Phi) is 8.68. The molecule has 0 amide bonds. The number of rotatable bonds is 8. The third-order valence-corrected chi connectivity index (χ3v) is 7.70. The average molecular weight is 558 g/mol. The van der Waals surface area contributed by atoms with Crippen LogP contribution in [0.25, 0.3) is 5.57 Å². The second-order valence-electron chi connectivity index (χ2n) is 10.1. The third kappa shape index (κ3) is 5.26. The lowest BCUT2D eigenvalue weighted by Gasteiger charge is -2.45. The molecule has 5 heteroatoms. The number of carbonyl (C=O) groups excluding carboxylic acids is 2. The maximum Gasteiger partial charge on any atom is 0.355 e. The molecule has 0 fully saturated rings.